The molecule has 2 aliphatic heterocycles. The van der Waals surface area contributed by atoms with Crippen molar-refractivity contribution in [1.82, 2.24) is 14.9 Å². The number of aryl methyl sites for hydroxylation is 2. The van der Waals surface area contributed by atoms with E-state index in [4.69, 9.17) is 0 Å². The standard InChI is InChI=1S/C18H26F2N4O/c1-13-11-14(2)22-17(21-13)24-7-3-15(4-8-24)12-16(25)23-9-5-18(19,20)6-10-23/h11,15H,3-10,12H2,1-2H3. The molecule has 7 heteroatoms. The first-order chi connectivity index (χ1) is 11.8. The summed E-state index contributed by atoms with van der Waals surface area (Å²) in [5.41, 5.74) is 1.92. The summed E-state index contributed by atoms with van der Waals surface area (Å²) in [5, 5.41) is 0. The number of likely N-dealkylation sites (tertiary alicyclic amines) is 1. The van der Waals surface area contributed by atoms with Crippen LogP contribution < -0.4 is 4.90 Å². The largest absolute Gasteiger partial charge is 0.342 e. The van der Waals surface area contributed by atoms with Crippen molar-refractivity contribution in [3.8, 4) is 0 Å². The molecule has 0 aromatic carbocycles. The van der Waals surface area contributed by atoms with Gasteiger partial charge in [-0.2, -0.15) is 0 Å². The lowest BCUT2D eigenvalue weighted by atomic mass is 9.92. The molecule has 2 saturated heterocycles. The first kappa shape index (κ1) is 18.0. The zero-order valence-corrected chi connectivity index (χ0v) is 15.0. The van der Waals surface area contributed by atoms with Gasteiger partial charge in [0.15, 0.2) is 0 Å². The third-order valence-electron chi connectivity index (χ3n) is 5.18. The summed E-state index contributed by atoms with van der Waals surface area (Å²) < 4.78 is 26.4. The second kappa shape index (κ2) is 7.22. The number of anilines is 1. The molecule has 138 valence electrons. The maximum Gasteiger partial charge on any atom is 0.251 e. The van der Waals surface area contributed by atoms with Crippen molar-refractivity contribution in [2.75, 3.05) is 31.1 Å². The quantitative estimate of drug-likeness (QED) is 0.839. The van der Waals surface area contributed by atoms with Crippen LogP contribution >= 0.6 is 0 Å². The number of nitrogens with zero attached hydrogens (tertiary/aromatic N) is 4. The minimum absolute atomic E-state index is 0.0246. The molecule has 0 bridgehead atoms. The highest BCUT2D eigenvalue weighted by molar-refractivity contribution is 5.76. The van der Waals surface area contributed by atoms with Crippen LogP contribution in [0.5, 0.6) is 0 Å². The van der Waals surface area contributed by atoms with Crippen molar-refractivity contribution >= 4 is 11.9 Å². The van der Waals surface area contributed by atoms with Gasteiger partial charge in [-0.1, -0.05) is 0 Å². The third-order valence-corrected chi connectivity index (χ3v) is 5.18. The number of amides is 1. The number of piperidine rings is 2. The fourth-order valence-corrected chi connectivity index (χ4v) is 3.65. The molecule has 2 aliphatic rings. The summed E-state index contributed by atoms with van der Waals surface area (Å²) >= 11 is 0. The summed E-state index contributed by atoms with van der Waals surface area (Å²) in [5.74, 6) is -1.50. The third kappa shape index (κ3) is 4.64. The molecule has 1 aromatic heterocycles. The van der Waals surface area contributed by atoms with Crippen molar-refractivity contribution in [3.63, 3.8) is 0 Å². The van der Waals surface area contributed by atoms with Crippen LogP contribution in [-0.4, -0.2) is 52.9 Å². The molecule has 0 aliphatic carbocycles. The van der Waals surface area contributed by atoms with Gasteiger partial charge in [0.1, 0.15) is 0 Å². The van der Waals surface area contributed by atoms with Crippen molar-refractivity contribution in [3.05, 3.63) is 17.5 Å². The Labute approximate surface area is 147 Å². The number of halogens is 2. The number of hydrogen-bond acceptors (Lipinski definition) is 4. The normalized spacial score (nSPS) is 21.4. The van der Waals surface area contributed by atoms with E-state index in [1.165, 1.54) is 0 Å². The molecule has 0 N–H and O–H groups in total. The van der Waals surface area contributed by atoms with Crippen LogP contribution in [0.3, 0.4) is 0 Å². The van der Waals surface area contributed by atoms with Crippen LogP contribution in [0.25, 0.3) is 0 Å². The zero-order chi connectivity index (χ0) is 18.0. The molecule has 0 saturated carbocycles. The lowest BCUT2D eigenvalue weighted by Gasteiger charge is -2.35. The van der Waals surface area contributed by atoms with E-state index in [0.29, 0.717) is 12.3 Å². The molecule has 0 unspecified atom stereocenters. The predicted octanol–water partition coefficient (Wildman–Crippen LogP) is 2.96. The van der Waals surface area contributed by atoms with Crippen molar-refractivity contribution in [1.29, 1.82) is 0 Å². The van der Waals surface area contributed by atoms with Crippen molar-refractivity contribution < 1.29 is 13.6 Å². The van der Waals surface area contributed by atoms with Gasteiger partial charge in [-0.15, -0.1) is 0 Å². The fraction of sp³-hybridized carbons (Fsp3) is 0.722. The molecule has 0 spiro atoms. The summed E-state index contributed by atoms with van der Waals surface area (Å²) in [6.45, 7) is 5.96. The highest BCUT2D eigenvalue weighted by Gasteiger charge is 2.36. The number of carbonyl (C=O) groups excluding carboxylic acids is 1. The number of carbonyl (C=O) groups is 1. The second-order valence-electron chi connectivity index (χ2n) is 7.32. The molecule has 25 heavy (non-hydrogen) atoms. The molecule has 3 rings (SSSR count). The zero-order valence-electron chi connectivity index (χ0n) is 15.0. The smallest absolute Gasteiger partial charge is 0.251 e. The van der Waals surface area contributed by atoms with Crippen molar-refractivity contribution in [2.45, 2.75) is 51.9 Å². The van der Waals surface area contributed by atoms with E-state index < -0.39 is 5.92 Å². The Morgan fingerprint density at radius 2 is 1.68 bits per heavy atom. The van der Waals surface area contributed by atoms with Gasteiger partial charge in [-0.05, 0) is 38.7 Å². The highest BCUT2D eigenvalue weighted by Crippen LogP contribution is 2.29. The van der Waals surface area contributed by atoms with E-state index in [-0.39, 0.29) is 31.8 Å². The van der Waals surface area contributed by atoms with E-state index >= 15 is 0 Å². The number of aromatic nitrogens is 2. The van der Waals surface area contributed by atoms with Gasteiger partial charge in [0.2, 0.25) is 11.9 Å². The Morgan fingerprint density at radius 3 is 2.24 bits per heavy atom. The van der Waals surface area contributed by atoms with Gasteiger partial charge in [-0.25, -0.2) is 18.7 Å². The van der Waals surface area contributed by atoms with Gasteiger partial charge in [-0.3, -0.25) is 4.79 Å². The molecule has 3 heterocycles. The Bertz CT molecular complexity index is 599. The molecule has 0 radical (unpaired) electrons. The first-order valence-electron chi connectivity index (χ1n) is 9.05. The fourth-order valence-electron chi connectivity index (χ4n) is 3.65. The van der Waals surface area contributed by atoms with Gasteiger partial charge in [0.05, 0.1) is 0 Å². The molecule has 1 amide bonds. The number of alkyl halides is 2. The average Bonchev–Trinajstić information content (AvgIpc) is 2.54. The molecule has 1 aromatic rings. The van der Waals surface area contributed by atoms with Crippen LogP contribution in [0.4, 0.5) is 14.7 Å². The summed E-state index contributed by atoms with van der Waals surface area (Å²) in [6.07, 6.45) is 1.87. The topological polar surface area (TPSA) is 49.3 Å². The second-order valence-corrected chi connectivity index (χ2v) is 7.32. The SMILES string of the molecule is Cc1cc(C)nc(N2CCC(CC(=O)N3CCC(F)(F)CC3)CC2)n1. The Balaban J connectivity index is 1.48. The highest BCUT2D eigenvalue weighted by atomic mass is 19.3. The van der Waals surface area contributed by atoms with Crippen LogP contribution in [0.15, 0.2) is 6.07 Å². The van der Waals surface area contributed by atoms with Crippen LogP contribution in [0.1, 0.15) is 43.5 Å². The van der Waals surface area contributed by atoms with Gasteiger partial charge >= 0.3 is 0 Å². The van der Waals surface area contributed by atoms with Crippen molar-refractivity contribution in [2.24, 2.45) is 5.92 Å². The maximum atomic E-state index is 13.2. The minimum atomic E-state index is -2.60. The summed E-state index contributed by atoms with van der Waals surface area (Å²) in [7, 11) is 0. The lowest BCUT2D eigenvalue weighted by Crippen LogP contribution is -2.44. The molecular formula is C18H26F2N4O. The van der Waals surface area contributed by atoms with E-state index in [2.05, 4.69) is 14.9 Å². The Morgan fingerprint density at radius 1 is 1.12 bits per heavy atom. The van der Waals surface area contributed by atoms with Gasteiger partial charge in [0.25, 0.3) is 5.92 Å². The van der Waals surface area contributed by atoms with E-state index in [0.717, 1.165) is 43.3 Å². The monoisotopic (exact) mass is 352 g/mol. The summed E-state index contributed by atoms with van der Waals surface area (Å²) in [6, 6.07) is 1.96. The number of rotatable bonds is 3. The number of hydrogen-bond donors (Lipinski definition) is 0. The molecule has 5 nitrogen and oxygen atoms in total. The Hall–Kier alpha value is -1.79. The average molecular weight is 352 g/mol. The van der Waals surface area contributed by atoms with E-state index in [1.807, 2.05) is 19.9 Å². The molecule has 0 atom stereocenters. The maximum absolute atomic E-state index is 13.2. The Kier molecular flexibility index (Phi) is 5.20. The predicted molar refractivity (Wildman–Crippen MR) is 91.8 cm³/mol. The first-order valence-corrected chi connectivity index (χ1v) is 9.05. The minimum Gasteiger partial charge on any atom is -0.342 e. The van der Waals surface area contributed by atoms with Crippen LogP contribution in [-0.2, 0) is 4.79 Å². The van der Waals surface area contributed by atoms with Crippen LogP contribution in [0, 0.1) is 19.8 Å². The van der Waals surface area contributed by atoms with E-state index in [1.54, 1.807) is 4.90 Å². The van der Waals surface area contributed by atoms with Crippen LogP contribution in [0.2, 0.25) is 0 Å². The summed E-state index contributed by atoms with van der Waals surface area (Å²) in [4.78, 5) is 25.1. The van der Waals surface area contributed by atoms with E-state index in [9.17, 15) is 13.6 Å². The molecular weight excluding hydrogens is 326 g/mol. The lowest BCUT2D eigenvalue weighted by molar-refractivity contribution is -0.138. The van der Waals surface area contributed by atoms with Gasteiger partial charge in [0, 0.05) is 56.8 Å². The molecule has 2 fully saturated rings. The van der Waals surface area contributed by atoms with Gasteiger partial charge < -0.3 is 9.80 Å².